The number of cyclic esters (lactones) is 1. The van der Waals surface area contributed by atoms with Crippen LogP contribution in [0.1, 0.15) is 6.42 Å². The molecule has 0 aliphatic carbocycles. The molecular formula is C12H12N2O5S. The highest BCUT2D eigenvalue weighted by atomic mass is 32.2. The fourth-order valence-electron chi connectivity index (χ4n) is 2.44. The van der Waals surface area contributed by atoms with E-state index >= 15 is 0 Å². The third-order valence-electron chi connectivity index (χ3n) is 3.46. The van der Waals surface area contributed by atoms with Crippen LogP contribution < -0.4 is 5.73 Å². The molecule has 0 aromatic heterocycles. The van der Waals surface area contributed by atoms with E-state index in [0.29, 0.717) is 29.9 Å². The summed E-state index contributed by atoms with van der Waals surface area (Å²) in [5.41, 5.74) is 6.47. The Kier molecular flexibility index (Phi) is 3.06. The third-order valence-corrected chi connectivity index (χ3v) is 4.78. The highest BCUT2D eigenvalue weighted by Crippen LogP contribution is 2.40. The van der Waals surface area contributed by atoms with E-state index in [9.17, 15) is 19.5 Å². The SMILES string of the molecule is N[C@@H]1C(=O)N2C(C(=O)O)=C(C=C3CCOC3=O)CS[C@@H]12. The molecule has 2 saturated heterocycles. The van der Waals surface area contributed by atoms with Gasteiger partial charge < -0.3 is 15.6 Å². The summed E-state index contributed by atoms with van der Waals surface area (Å²) in [6.07, 6.45) is 1.98. The second-order valence-corrected chi connectivity index (χ2v) is 5.78. The standard InChI is InChI=1S/C12H12N2O5S/c13-7-9(15)14-8(11(16)17)6(4-20-10(7)14)3-5-1-2-19-12(5)18/h3,7,10H,1-2,4,13H2,(H,16,17)/t7-,10+/m1/s1. The number of thioether (sulfide) groups is 1. The molecule has 0 unspecified atom stereocenters. The summed E-state index contributed by atoms with van der Waals surface area (Å²) in [4.78, 5) is 35.8. The van der Waals surface area contributed by atoms with Crippen molar-refractivity contribution in [2.75, 3.05) is 12.4 Å². The van der Waals surface area contributed by atoms with Gasteiger partial charge in [-0.25, -0.2) is 9.59 Å². The number of allylic oxidation sites excluding steroid dienone is 1. The van der Waals surface area contributed by atoms with Crippen molar-refractivity contribution in [3.63, 3.8) is 0 Å². The van der Waals surface area contributed by atoms with Crippen molar-refractivity contribution in [1.29, 1.82) is 0 Å². The fraction of sp³-hybridized carbons (Fsp3) is 0.417. The van der Waals surface area contributed by atoms with Crippen molar-refractivity contribution in [1.82, 2.24) is 4.90 Å². The summed E-state index contributed by atoms with van der Waals surface area (Å²) >= 11 is 1.40. The second kappa shape index (κ2) is 4.64. The van der Waals surface area contributed by atoms with E-state index in [0.717, 1.165) is 0 Å². The number of fused-ring (bicyclic) bond motifs is 1. The van der Waals surface area contributed by atoms with Crippen molar-refractivity contribution in [2.24, 2.45) is 5.73 Å². The number of hydrogen-bond acceptors (Lipinski definition) is 6. The first-order valence-electron chi connectivity index (χ1n) is 6.05. The van der Waals surface area contributed by atoms with Crippen molar-refractivity contribution in [2.45, 2.75) is 17.8 Å². The molecule has 0 spiro atoms. The highest BCUT2D eigenvalue weighted by molar-refractivity contribution is 8.00. The number of rotatable bonds is 2. The van der Waals surface area contributed by atoms with E-state index in [-0.39, 0.29) is 11.1 Å². The topological polar surface area (TPSA) is 110 Å². The van der Waals surface area contributed by atoms with Gasteiger partial charge in [-0.15, -0.1) is 11.8 Å². The summed E-state index contributed by atoms with van der Waals surface area (Å²) in [5, 5.41) is 9.00. The van der Waals surface area contributed by atoms with Crippen molar-refractivity contribution in [3.05, 3.63) is 22.9 Å². The molecule has 3 N–H and O–H groups in total. The molecule has 106 valence electrons. The molecule has 3 rings (SSSR count). The van der Waals surface area contributed by atoms with E-state index in [2.05, 4.69) is 0 Å². The van der Waals surface area contributed by atoms with Crippen LogP contribution in [0.4, 0.5) is 0 Å². The molecular weight excluding hydrogens is 284 g/mol. The molecule has 0 saturated carbocycles. The normalized spacial score (nSPS) is 31.2. The largest absolute Gasteiger partial charge is 0.477 e. The maximum Gasteiger partial charge on any atom is 0.352 e. The first-order chi connectivity index (χ1) is 9.50. The van der Waals surface area contributed by atoms with E-state index in [1.54, 1.807) is 0 Å². The number of aliphatic carboxylic acids is 1. The van der Waals surface area contributed by atoms with Crippen molar-refractivity contribution >= 4 is 29.6 Å². The molecule has 3 heterocycles. The van der Waals surface area contributed by atoms with Crippen LogP contribution in [0.3, 0.4) is 0 Å². The van der Waals surface area contributed by atoms with Crippen LogP contribution in [0.5, 0.6) is 0 Å². The minimum Gasteiger partial charge on any atom is -0.477 e. The van der Waals surface area contributed by atoms with Gasteiger partial charge in [0, 0.05) is 17.7 Å². The average Bonchev–Trinajstić information content (AvgIpc) is 2.82. The Morgan fingerprint density at radius 1 is 1.50 bits per heavy atom. The number of carboxylic acid groups (broad SMARTS) is 1. The Balaban J connectivity index is 2.00. The summed E-state index contributed by atoms with van der Waals surface area (Å²) < 4.78 is 4.82. The average molecular weight is 296 g/mol. The van der Waals surface area contributed by atoms with Gasteiger partial charge >= 0.3 is 11.9 Å². The molecule has 3 aliphatic rings. The molecule has 0 aromatic carbocycles. The summed E-state index contributed by atoms with van der Waals surface area (Å²) in [5.74, 6) is -1.61. The number of β-lactam (4-membered cyclic amide) rings is 1. The minimum absolute atomic E-state index is 0.0762. The Hall–Kier alpha value is -1.80. The predicted octanol–water partition coefficient (Wildman–Crippen LogP) is -0.559. The maximum absolute atomic E-state index is 11.7. The monoisotopic (exact) mass is 296 g/mol. The first-order valence-corrected chi connectivity index (χ1v) is 7.10. The number of carboxylic acids is 1. The molecule has 20 heavy (non-hydrogen) atoms. The van der Waals surface area contributed by atoms with Gasteiger partial charge in [0.25, 0.3) is 0 Å². The van der Waals surface area contributed by atoms with Crippen molar-refractivity contribution < 1.29 is 24.2 Å². The molecule has 0 radical (unpaired) electrons. The van der Waals surface area contributed by atoms with Gasteiger partial charge in [-0.3, -0.25) is 9.69 Å². The molecule has 1 amide bonds. The van der Waals surface area contributed by atoms with Gasteiger partial charge in [-0.05, 0) is 11.6 Å². The van der Waals surface area contributed by atoms with Gasteiger partial charge in [0.15, 0.2) is 0 Å². The van der Waals surface area contributed by atoms with Gasteiger partial charge in [0.2, 0.25) is 5.91 Å². The maximum atomic E-state index is 11.7. The summed E-state index contributed by atoms with van der Waals surface area (Å²) in [6.45, 7) is 0.309. The third kappa shape index (κ3) is 1.83. The number of esters is 1. The molecule has 3 aliphatic heterocycles. The number of hydrogen-bond donors (Lipinski definition) is 2. The van der Waals surface area contributed by atoms with Crippen LogP contribution in [-0.2, 0) is 19.1 Å². The minimum atomic E-state index is -1.19. The molecule has 0 aromatic rings. The zero-order chi connectivity index (χ0) is 14.4. The zero-order valence-corrected chi connectivity index (χ0v) is 11.2. The number of carbonyl (C=O) groups excluding carboxylic acids is 2. The molecule has 2 atom stereocenters. The van der Waals surface area contributed by atoms with E-state index in [1.165, 1.54) is 22.7 Å². The second-order valence-electron chi connectivity index (χ2n) is 4.67. The number of nitrogens with two attached hydrogens (primary N) is 1. The van der Waals surface area contributed by atoms with Crippen LogP contribution >= 0.6 is 11.8 Å². The van der Waals surface area contributed by atoms with Crippen molar-refractivity contribution in [3.8, 4) is 0 Å². The van der Waals surface area contributed by atoms with E-state index in [1.807, 2.05) is 0 Å². The Morgan fingerprint density at radius 2 is 2.25 bits per heavy atom. The number of ether oxygens (including phenoxy) is 1. The highest BCUT2D eigenvalue weighted by Gasteiger charge is 2.51. The van der Waals surface area contributed by atoms with Gasteiger partial charge in [0.05, 0.1) is 6.61 Å². The van der Waals surface area contributed by atoms with Crippen LogP contribution in [0.25, 0.3) is 0 Å². The summed E-state index contributed by atoms with van der Waals surface area (Å²) in [7, 11) is 0. The van der Waals surface area contributed by atoms with Crippen LogP contribution in [-0.4, -0.2) is 51.6 Å². The number of nitrogens with zero attached hydrogens (tertiary/aromatic N) is 1. The number of carbonyl (C=O) groups is 3. The lowest BCUT2D eigenvalue weighted by Crippen LogP contribution is -2.68. The molecule has 8 heteroatoms. The Bertz CT molecular complexity index is 582. The van der Waals surface area contributed by atoms with Crippen LogP contribution in [0.2, 0.25) is 0 Å². The Labute approximate surface area is 118 Å². The van der Waals surface area contributed by atoms with E-state index < -0.39 is 23.9 Å². The van der Waals surface area contributed by atoms with Gasteiger partial charge in [-0.1, -0.05) is 0 Å². The summed E-state index contributed by atoms with van der Waals surface area (Å²) in [6, 6.07) is -0.653. The lowest BCUT2D eigenvalue weighted by atomic mass is 10.0. The molecule has 2 fully saturated rings. The lowest BCUT2D eigenvalue weighted by molar-refractivity contribution is -0.147. The van der Waals surface area contributed by atoms with Crippen LogP contribution in [0.15, 0.2) is 22.9 Å². The van der Waals surface area contributed by atoms with Crippen LogP contribution in [0, 0.1) is 0 Å². The number of amides is 1. The zero-order valence-electron chi connectivity index (χ0n) is 10.4. The Morgan fingerprint density at radius 3 is 2.85 bits per heavy atom. The van der Waals surface area contributed by atoms with Gasteiger partial charge in [0.1, 0.15) is 17.1 Å². The van der Waals surface area contributed by atoms with Gasteiger partial charge in [-0.2, -0.15) is 0 Å². The quantitative estimate of drug-likeness (QED) is 0.399. The lowest BCUT2D eigenvalue weighted by Gasteiger charge is -2.47. The smallest absolute Gasteiger partial charge is 0.352 e. The predicted molar refractivity (Wildman–Crippen MR) is 69.4 cm³/mol. The fourth-order valence-corrected chi connectivity index (χ4v) is 3.69. The molecule has 7 nitrogen and oxygen atoms in total. The van der Waals surface area contributed by atoms with E-state index in [4.69, 9.17) is 10.5 Å². The first kappa shape index (κ1) is 13.2. The molecule has 0 bridgehead atoms.